The maximum absolute atomic E-state index is 11.9. The summed E-state index contributed by atoms with van der Waals surface area (Å²) >= 11 is 0. The molecule has 1 atom stereocenters. The maximum atomic E-state index is 11.9. The zero-order valence-corrected chi connectivity index (χ0v) is 12.6. The smallest absolute Gasteiger partial charge is 0.348 e. The van der Waals surface area contributed by atoms with Gasteiger partial charge < -0.3 is 4.74 Å². The maximum Gasteiger partial charge on any atom is 0.348 e. The fourth-order valence-electron chi connectivity index (χ4n) is 1.51. The largest absolute Gasteiger partial charge is 0.464 e. The predicted octanol–water partition coefficient (Wildman–Crippen LogP) is 0.300. The fourth-order valence-corrected chi connectivity index (χ4v) is 4.64. The summed E-state index contributed by atoms with van der Waals surface area (Å²) in [5.41, 5.74) is 0. The van der Waals surface area contributed by atoms with E-state index in [2.05, 4.69) is 8.92 Å². The Hall–Kier alpha value is -0.710. The molecule has 1 unspecified atom stereocenters. The minimum absolute atomic E-state index is 0.00487. The van der Waals surface area contributed by atoms with Crippen LogP contribution in [0.25, 0.3) is 0 Å². The summed E-state index contributed by atoms with van der Waals surface area (Å²) in [5, 5.41) is 0. The number of hydrogen-bond acceptors (Lipinski definition) is 7. The zero-order valence-electron chi connectivity index (χ0n) is 10.9. The number of esters is 1. The molecule has 10 heteroatoms. The van der Waals surface area contributed by atoms with Crippen LogP contribution in [-0.2, 0) is 34.0 Å². The summed E-state index contributed by atoms with van der Waals surface area (Å²) in [5.74, 6) is -1.56. The van der Waals surface area contributed by atoms with Crippen LogP contribution in [0.3, 0.4) is 0 Å². The Morgan fingerprint density at radius 1 is 1.11 bits per heavy atom. The van der Waals surface area contributed by atoms with Crippen molar-refractivity contribution < 1.29 is 35.1 Å². The Morgan fingerprint density at radius 3 is 1.95 bits per heavy atom. The van der Waals surface area contributed by atoms with Gasteiger partial charge in [-0.15, -0.1) is 0 Å². The van der Waals surface area contributed by atoms with E-state index in [0.29, 0.717) is 0 Å². The van der Waals surface area contributed by atoms with Gasteiger partial charge in [0.25, 0.3) is 10.1 Å². The molecule has 114 valence electrons. The van der Waals surface area contributed by atoms with Gasteiger partial charge in [0.2, 0.25) is 0 Å². The standard InChI is InChI=1S/C9H18O8S2/c1-4-7-9(18(11,12)13,8(10)16-5-2)19(14,15)17-6-3/h4-7H2,1-3H3,(H,11,12,13). The van der Waals surface area contributed by atoms with E-state index in [1.807, 2.05) is 0 Å². The van der Waals surface area contributed by atoms with Crippen molar-refractivity contribution in [1.29, 1.82) is 0 Å². The van der Waals surface area contributed by atoms with Gasteiger partial charge >= 0.3 is 20.2 Å². The van der Waals surface area contributed by atoms with Crippen molar-refractivity contribution in [3.63, 3.8) is 0 Å². The highest BCUT2D eigenvalue weighted by Gasteiger charge is 2.63. The van der Waals surface area contributed by atoms with Crippen molar-refractivity contribution in [2.75, 3.05) is 13.2 Å². The second-order valence-electron chi connectivity index (χ2n) is 3.56. The second-order valence-corrected chi connectivity index (χ2v) is 7.31. The van der Waals surface area contributed by atoms with E-state index in [1.165, 1.54) is 20.8 Å². The molecule has 0 heterocycles. The van der Waals surface area contributed by atoms with E-state index in [9.17, 15) is 26.2 Å². The Morgan fingerprint density at radius 2 is 1.63 bits per heavy atom. The molecule has 0 aliphatic rings. The van der Waals surface area contributed by atoms with Gasteiger partial charge in [0.1, 0.15) is 0 Å². The van der Waals surface area contributed by atoms with Gasteiger partial charge in [-0.05, 0) is 20.3 Å². The number of carbonyl (C=O) groups is 1. The highest BCUT2D eigenvalue weighted by molar-refractivity contribution is 8.07. The van der Waals surface area contributed by atoms with Crippen LogP contribution in [0.4, 0.5) is 0 Å². The Balaban J connectivity index is 6.18. The molecule has 0 aromatic rings. The minimum atomic E-state index is -5.28. The average molecular weight is 318 g/mol. The van der Waals surface area contributed by atoms with Crippen LogP contribution in [0.2, 0.25) is 0 Å². The highest BCUT2D eigenvalue weighted by atomic mass is 32.3. The molecule has 8 nitrogen and oxygen atoms in total. The summed E-state index contributed by atoms with van der Waals surface area (Å²) in [6.45, 7) is 3.54. The highest BCUT2D eigenvalue weighted by Crippen LogP contribution is 2.32. The zero-order chi connectivity index (χ0) is 15.3. The number of hydrogen-bond donors (Lipinski definition) is 1. The molecule has 0 aromatic carbocycles. The first-order valence-electron chi connectivity index (χ1n) is 5.63. The summed E-state index contributed by atoms with van der Waals surface area (Å²) in [4.78, 5) is 11.8. The molecule has 0 spiro atoms. The van der Waals surface area contributed by atoms with Crippen molar-refractivity contribution in [2.24, 2.45) is 0 Å². The Kier molecular flexibility index (Phi) is 6.39. The van der Waals surface area contributed by atoms with E-state index >= 15 is 0 Å². The van der Waals surface area contributed by atoms with Gasteiger partial charge in [0.15, 0.2) is 0 Å². The van der Waals surface area contributed by atoms with Gasteiger partial charge in [-0.2, -0.15) is 16.8 Å². The normalized spacial score (nSPS) is 15.8. The van der Waals surface area contributed by atoms with Gasteiger partial charge in [-0.1, -0.05) is 13.3 Å². The summed E-state index contributed by atoms with van der Waals surface area (Å²) in [7, 11) is -10.2. The molecule has 0 saturated carbocycles. The van der Waals surface area contributed by atoms with Crippen molar-refractivity contribution in [2.45, 2.75) is 37.7 Å². The molecule has 0 fully saturated rings. The molecule has 0 bridgehead atoms. The second kappa shape index (κ2) is 6.64. The molecule has 0 saturated heterocycles. The molecule has 19 heavy (non-hydrogen) atoms. The van der Waals surface area contributed by atoms with Crippen LogP contribution in [0.1, 0.15) is 33.6 Å². The molecule has 0 aliphatic heterocycles. The molecule has 0 aliphatic carbocycles. The van der Waals surface area contributed by atoms with Crippen molar-refractivity contribution in [1.82, 2.24) is 0 Å². The lowest BCUT2D eigenvalue weighted by Crippen LogP contribution is -2.54. The van der Waals surface area contributed by atoms with Gasteiger partial charge in [-0.3, -0.25) is 8.74 Å². The van der Waals surface area contributed by atoms with Crippen molar-refractivity contribution >= 4 is 26.2 Å². The third-order valence-electron chi connectivity index (χ3n) is 2.26. The lowest BCUT2D eigenvalue weighted by atomic mass is 10.2. The first kappa shape index (κ1) is 18.3. The Labute approximate surface area is 113 Å². The summed E-state index contributed by atoms with van der Waals surface area (Å²) in [6, 6.07) is 0. The molecule has 0 aromatic heterocycles. The van der Waals surface area contributed by atoms with Crippen molar-refractivity contribution in [3.8, 4) is 0 Å². The van der Waals surface area contributed by atoms with E-state index < -0.39 is 36.7 Å². The fraction of sp³-hybridized carbons (Fsp3) is 0.889. The molecule has 0 amide bonds. The van der Waals surface area contributed by atoms with E-state index in [1.54, 1.807) is 0 Å². The lowest BCUT2D eigenvalue weighted by molar-refractivity contribution is -0.144. The first-order valence-corrected chi connectivity index (χ1v) is 8.48. The van der Waals surface area contributed by atoms with Crippen LogP contribution in [-0.4, -0.2) is 44.7 Å². The van der Waals surface area contributed by atoms with Gasteiger partial charge in [-0.25, -0.2) is 4.79 Å². The lowest BCUT2D eigenvalue weighted by Gasteiger charge is -2.26. The topological polar surface area (TPSA) is 124 Å². The van der Waals surface area contributed by atoms with Crippen LogP contribution < -0.4 is 0 Å². The summed E-state index contributed by atoms with van der Waals surface area (Å²) < 4.78 is 61.8. The van der Waals surface area contributed by atoms with E-state index in [4.69, 9.17) is 0 Å². The molecule has 0 rings (SSSR count). The molecular weight excluding hydrogens is 300 g/mol. The number of ether oxygens (including phenoxy) is 1. The van der Waals surface area contributed by atoms with Crippen molar-refractivity contribution in [3.05, 3.63) is 0 Å². The molecular formula is C9H18O8S2. The third-order valence-corrected chi connectivity index (χ3v) is 6.43. The summed E-state index contributed by atoms with van der Waals surface area (Å²) in [6.07, 6.45) is -0.655. The average Bonchev–Trinajstić information content (AvgIpc) is 2.23. The first-order chi connectivity index (χ1) is 8.60. The molecule has 1 N–H and O–H groups in total. The minimum Gasteiger partial charge on any atom is -0.464 e. The monoisotopic (exact) mass is 318 g/mol. The van der Waals surface area contributed by atoms with Gasteiger partial charge in [0.05, 0.1) is 13.2 Å². The predicted molar refractivity (Wildman–Crippen MR) is 66.4 cm³/mol. The SMILES string of the molecule is CCCC(C(=O)OCC)(S(=O)(=O)O)S(=O)(=O)OCC. The van der Waals surface area contributed by atoms with E-state index in [-0.39, 0.29) is 19.6 Å². The van der Waals surface area contributed by atoms with Crippen LogP contribution in [0.5, 0.6) is 0 Å². The number of carbonyl (C=O) groups excluding carboxylic acids is 1. The van der Waals surface area contributed by atoms with Crippen LogP contribution in [0.15, 0.2) is 0 Å². The van der Waals surface area contributed by atoms with Crippen LogP contribution in [0, 0.1) is 0 Å². The van der Waals surface area contributed by atoms with Crippen LogP contribution >= 0.6 is 0 Å². The quantitative estimate of drug-likeness (QED) is 0.385. The molecule has 0 radical (unpaired) electrons. The third kappa shape index (κ3) is 3.44. The van der Waals surface area contributed by atoms with E-state index in [0.717, 1.165) is 0 Å². The Bertz CT molecular complexity index is 506. The number of rotatable bonds is 8. The van der Waals surface area contributed by atoms with Gasteiger partial charge in [0, 0.05) is 0 Å².